The molecular formula is C5H10NO. The van der Waals surface area contributed by atoms with Crippen LogP contribution in [0.5, 0.6) is 0 Å². The van der Waals surface area contributed by atoms with E-state index in [0.29, 0.717) is 6.04 Å². The van der Waals surface area contributed by atoms with Gasteiger partial charge < -0.3 is 5.21 Å². The van der Waals surface area contributed by atoms with Gasteiger partial charge >= 0.3 is 0 Å². The second-order valence-electron chi connectivity index (χ2n) is 2.13. The largest absolute Gasteiger partial charge is 0.582 e. The van der Waals surface area contributed by atoms with E-state index in [1.165, 1.54) is 0 Å². The second-order valence-corrected chi connectivity index (χ2v) is 2.13. The number of nitrogens with zero attached hydrogens (tertiary/aromatic N) is 1. The van der Waals surface area contributed by atoms with Crippen LogP contribution in [-0.4, -0.2) is 12.6 Å². The van der Waals surface area contributed by atoms with Gasteiger partial charge in [0.2, 0.25) is 0 Å². The molecule has 1 aliphatic heterocycles. The van der Waals surface area contributed by atoms with Crippen LogP contribution < -0.4 is 5.06 Å². The van der Waals surface area contributed by atoms with E-state index >= 15 is 0 Å². The summed E-state index contributed by atoms with van der Waals surface area (Å²) in [5, 5.41) is 11.6. The number of hydrogen-bond acceptors (Lipinski definition) is 2. The average Bonchev–Trinajstić information content (AvgIpc) is 1.91. The number of hydrogen-bond donors (Lipinski definition) is 0. The lowest BCUT2D eigenvalue weighted by Gasteiger charge is -2.10. The lowest BCUT2D eigenvalue weighted by atomic mass is 10.3. The van der Waals surface area contributed by atoms with Gasteiger partial charge in [0.25, 0.3) is 0 Å². The van der Waals surface area contributed by atoms with E-state index in [9.17, 15) is 5.21 Å². The van der Waals surface area contributed by atoms with Crippen molar-refractivity contribution in [3.8, 4) is 0 Å². The zero-order valence-electron chi connectivity index (χ0n) is 4.55. The second kappa shape index (κ2) is 1.80. The molecule has 2 heteroatoms. The Hall–Kier alpha value is -0.0800. The molecule has 0 aromatic heterocycles. The fraction of sp³-hybridized carbons (Fsp3) is 1.00. The third-order valence-electron chi connectivity index (χ3n) is 1.49. The van der Waals surface area contributed by atoms with E-state index < -0.39 is 0 Å². The van der Waals surface area contributed by atoms with Crippen molar-refractivity contribution in [2.45, 2.75) is 25.8 Å². The third-order valence-corrected chi connectivity index (χ3v) is 1.49. The average molecular weight is 100 g/mol. The lowest BCUT2D eigenvalue weighted by molar-refractivity contribution is 0.513. The minimum Gasteiger partial charge on any atom is -0.582 e. The molecule has 1 fully saturated rings. The van der Waals surface area contributed by atoms with Crippen molar-refractivity contribution in [3.63, 3.8) is 0 Å². The van der Waals surface area contributed by atoms with Gasteiger partial charge in [-0.25, -0.2) is 0 Å². The van der Waals surface area contributed by atoms with Gasteiger partial charge in [-0.2, -0.15) is 5.06 Å². The minimum atomic E-state index is 0.292. The van der Waals surface area contributed by atoms with Crippen molar-refractivity contribution >= 4 is 0 Å². The Balaban J connectivity index is 2.33. The van der Waals surface area contributed by atoms with Crippen molar-refractivity contribution in [1.29, 1.82) is 0 Å². The van der Waals surface area contributed by atoms with E-state index in [-0.39, 0.29) is 0 Å². The van der Waals surface area contributed by atoms with Crippen molar-refractivity contribution in [1.82, 2.24) is 5.06 Å². The normalized spacial score (nSPS) is 34.3. The quantitative estimate of drug-likeness (QED) is 0.327. The molecule has 0 aromatic rings. The molecular weight excluding hydrogens is 90.1 g/mol. The Morgan fingerprint density at radius 3 is 2.57 bits per heavy atom. The summed E-state index contributed by atoms with van der Waals surface area (Å²) in [4.78, 5) is 0. The molecule has 0 amide bonds. The third kappa shape index (κ3) is 0.924. The predicted octanol–water partition coefficient (Wildman–Crippen LogP) is 0.807. The predicted molar refractivity (Wildman–Crippen MR) is 29.1 cm³/mol. The van der Waals surface area contributed by atoms with Gasteiger partial charge in [0.1, 0.15) is 12.6 Å². The zero-order valence-corrected chi connectivity index (χ0v) is 4.55. The maximum absolute atomic E-state index is 10.5. The molecule has 0 saturated carbocycles. The van der Waals surface area contributed by atoms with Gasteiger partial charge in [-0.3, -0.25) is 0 Å². The highest BCUT2D eigenvalue weighted by Crippen LogP contribution is 2.10. The maximum Gasteiger partial charge on any atom is 0.130 e. The molecule has 1 rings (SSSR count). The molecule has 0 aliphatic carbocycles. The first kappa shape index (κ1) is 5.06. The number of rotatable bonds is 0. The van der Waals surface area contributed by atoms with Gasteiger partial charge in [0.05, 0.1) is 0 Å². The first-order valence-electron chi connectivity index (χ1n) is 2.74. The Kier molecular flexibility index (Phi) is 1.30. The summed E-state index contributed by atoms with van der Waals surface area (Å²) in [6.45, 7) is 2.72. The van der Waals surface area contributed by atoms with Crippen LogP contribution in [0.25, 0.3) is 0 Å². The molecule has 0 N–H and O–H groups in total. The Morgan fingerprint density at radius 1 is 1.71 bits per heavy atom. The van der Waals surface area contributed by atoms with Gasteiger partial charge in [-0.1, -0.05) is 0 Å². The smallest absolute Gasteiger partial charge is 0.130 e. The van der Waals surface area contributed by atoms with Crippen molar-refractivity contribution in [2.75, 3.05) is 6.54 Å². The first-order chi connectivity index (χ1) is 3.30. The number of hydroxylamine groups is 2. The summed E-state index contributed by atoms with van der Waals surface area (Å²) in [6.07, 6.45) is 2.17. The summed E-state index contributed by atoms with van der Waals surface area (Å²) < 4.78 is 0. The molecule has 0 bridgehead atoms. The summed E-state index contributed by atoms with van der Waals surface area (Å²) >= 11 is 0. The molecule has 1 heterocycles. The van der Waals surface area contributed by atoms with Crippen LogP contribution in [0, 0.1) is 5.21 Å². The Morgan fingerprint density at radius 2 is 2.43 bits per heavy atom. The fourth-order valence-electron chi connectivity index (χ4n) is 0.907. The van der Waals surface area contributed by atoms with E-state index in [2.05, 4.69) is 0 Å². The van der Waals surface area contributed by atoms with Crippen LogP contribution in [0.3, 0.4) is 0 Å². The Bertz CT molecular complexity index is 57.1. The molecule has 1 unspecified atom stereocenters. The monoisotopic (exact) mass is 100 g/mol. The van der Waals surface area contributed by atoms with Crippen LogP contribution in [-0.2, 0) is 0 Å². The molecule has 7 heavy (non-hydrogen) atoms. The van der Waals surface area contributed by atoms with Crippen molar-refractivity contribution < 1.29 is 0 Å². The SMILES string of the molecule is CC1CCC[N+]1[O-]. The van der Waals surface area contributed by atoms with Crippen molar-refractivity contribution in [2.24, 2.45) is 0 Å². The first-order valence-corrected chi connectivity index (χ1v) is 2.74. The van der Waals surface area contributed by atoms with Crippen molar-refractivity contribution in [3.05, 3.63) is 5.21 Å². The van der Waals surface area contributed by atoms with E-state index in [1.807, 2.05) is 6.92 Å². The molecule has 0 spiro atoms. The van der Waals surface area contributed by atoms with Gasteiger partial charge in [0.15, 0.2) is 0 Å². The highest BCUT2D eigenvalue weighted by Gasteiger charge is 2.21. The van der Waals surface area contributed by atoms with Gasteiger partial charge in [-0.05, 0) is 6.92 Å². The highest BCUT2D eigenvalue weighted by atomic mass is 16.5. The molecule has 1 aliphatic rings. The van der Waals surface area contributed by atoms with E-state index in [0.717, 1.165) is 24.4 Å². The molecule has 1 saturated heterocycles. The maximum atomic E-state index is 10.5. The zero-order chi connectivity index (χ0) is 5.28. The molecule has 2 nitrogen and oxygen atoms in total. The van der Waals surface area contributed by atoms with Crippen LogP contribution in [0.15, 0.2) is 0 Å². The topological polar surface area (TPSA) is 29.0 Å². The lowest BCUT2D eigenvalue weighted by Crippen LogP contribution is -2.25. The molecule has 41 valence electrons. The highest BCUT2D eigenvalue weighted by molar-refractivity contribution is 4.79. The summed E-state index contributed by atoms with van der Waals surface area (Å²) in [5.41, 5.74) is 0. The molecule has 1 atom stereocenters. The fourth-order valence-corrected chi connectivity index (χ4v) is 0.907. The van der Waals surface area contributed by atoms with Crippen LogP contribution in [0.4, 0.5) is 0 Å². The van der Waals surface area contributed by atoms with Crippen LogP contribution in [0.2, 0.25) is 0 Å². The van der Waals surface area contributed by atoms with Crippen LogP contribution >= 0.6 is 0 Å². The summed E-state index contributed by atoms with van der Waals surface area (Å²) in [5.74, 6) is 0. The van der Waals surface area contributed by atoms with Gasteiger partial charge in [-0.15, -0.1) is 0 Å². The Labute approximate surface area is 43.7 Å². The minimum absolute atomic E-state index is 0.292. The molecule has 0 aromatic carbocycles. The summed E-state index contributed by atoms with van der Waals surface area (Å²) in [6, 6.07) is 0.292. The van der Waals surface area contributed by atoms with Crippen LogP contribution in [0.1, 0.15) is 19.8 Å². The molecule has 1 radical (unpaired) electrons. The standard InChI is InChI=1S/C5H10NO/c1-5-3-2-4-6(5)7/h5H,2-4H2,1H3. The van der Waals surface area contributed by atoms with E-state index in [1.54, 1.807) is 0 Å². The van der Waals surface area contributed by atoms with Gasteiger partial charge in [0, 0.05) is 12.8 Å². The van der Waals surface area contributed by atoms with E-state index in [4.69, 9.17) is 0 Å². The summed E-state index contributed by atoms with van der Waals surface area (Å²) in [7, 11) is 0.